The van der Waals surface area contributed by atoms with Crippen molar-refractivity contribution in [1.29, 1.82) is 5.26 Å². The van der Waals surface area contributed by atoms with Crippen LogP contribution in [-0.4, -0.2) is 62.7 Å². The number of carbonyl (C=O) groups excluding carboxylic acids is 1. The number of aromatic nitrogens is 1. The first-order valence-corrected chi connectivity index (χ1v) is 11.6. The number of carbonyl (C=O) groups is 1. The highest BCUT2D eigenvalue weighted by atomic mass is 32.2. The summed E-state index contributed by atoms with van der Waals surface area (Å²) in [4.78, 5) is 21.2. The van der Waals surface area contributed by atoms with Crippen LogP contribution in [0, 0.1) is 11.3 Å². The number of nitriles is 1. The van der Waals surface area contributed by atoms with Crippen LogP contribution in [0.15, 0.2) is 42.6 Å². The predicted molar refractivity (Wildman–Crippen MR) is 114 cm³/mol. The Labute approximate surface area is 176 Å². The minimum absolute atomic E-state index is 0.0748. The fourth-order valence-electron chi connectivity index (χ4n) is 3.95. The molecule has 1 amide bonds. The molecule has 2 aromatic rings. The molecule has 2 aliphatic rings. The normalized spacial score (nSPS) is 18.7. The lowest BCUT2D eigenvalue weighted by atomic mass is 10.1. The van der Waals surface area contributed by atoms with Crippen molar-refractivity contribution in [1.82, 2.24) is 9.88 Å². The molecule has 2 fully saturated rings. The lowest BCUT2D eigenvalue weighted by Crippen LogP contribution is -2.35. The topological polar surface area (TPSA) is 97.6 Å². The third-order valence-corrected chi connectivity index (χ3v) is 7.36. The summed E-state index contributed by atoms with van der Waals surface area (Å²) in [5, 5.41) is 9.32. The van der Waals surface area contributed by atoms with Gasteiger partial charge < -0.3 is 9.80 Å². The van der Waals surface area contributed by atoms with E-state index in [4.69, 9.17) is 0 Å². The molecular formula is C21H23N5O3S. The van der Waals surface area contributed by atoms with Gasteiger partial charge in [0.15, 0.2) is 0 Å². The Morgan fingerprint density at radius 2 is 1.80 bits per heavy atom. The molecule has 2 aliphatic heterocycles. The molecule has 8 nitrogen and oxygen atoms in total. The molecule has 2 saturated heterocycles. The first kappa shape index (κ1) is 20.2. The smallest absolute Gasteiger partial charge is 0.253 e. The van der Waals surface area contributed by atoms with Crippen molar-refractivity contribution in [3.8, 4) is 6.07 Å². The molecule has 1 aromatic carbocycles. The highest BCUT2D eigenvalue weighted by molar-refractivity contribution is 7.93. The van der Waals surface area contributed by atoms with E-state index in [1.165, 1.54) is 4.31 Å². The van der Waals surface area contributed by atoms with Gasteiger partial charge in [0.2, 0.25) is 10.0 Å². The number of sulfonamides is 1. The van der Waals surface area contributed by atoms with Crippen LogP contribution in [0.2, 0.25) is 0 Å². The van der Waals surface area contributed by atoms with E-state index in [0.29, 0.717) is 55.2 Å². The second kappa shape index (κ2) is 8.32. The van der Waals surface area contributed by atoms with Crippen LogP contribution in [0.3, 0.4) is 0 Å². The predicted octanol–water partition coefficient (Wildman–Crippen LogP) is 1.85. The molecule has 9 heteroatoms. The molecule has 0 spiro atoms. The number of anilines is 2. The lowest BCUT2D eigenvalue weighted by molar-refractivity contribution is 0.0767. The molecule has 0 N–H and O–H groups in total. The minimum Gasteiger partial charge on any atom is -0.354 e. The molecule has 0 bridgehead atoms. The van der Waals surface area contributed by atoms with E-state index in [-0.39, 0.29) is 11.7 Å². The van der Waals surface area contributed by atoms with E-state index in [1.807, 2.05) is 4.90 Å². The Hall–Kier alpha value is -3.12. The Balaban J connectivity index is 1.45. The van der Waals surface area contributed by atoms with E-state index >= 15 is 0 Å². The molecular weight excluding hydrogens is 402 g/mol. The van der Waals surface area contributed by atoms with Gasteiger partial charge in [-0.1, -0.05) is 0 Å². The van der Waals surface area contributed by atoms with Crippen molar-refractivity contribution in [2.45, 2.75) is 12.8 Å². The van der Waals surface area contributed by atoms with Gasteiger partial charge in [-0.3, -0.25) is 9.10 Å². The first-order chi connectivity index (χ1) is 14.5. The van der Waals surface area contributed by atoms with Gasteiger partial charge in [0.25, 0.3) is 5.91 Å². The zero-order valence-corrected chi connectivity index (χ0v) is 17.4. The number of hydrogen-bond donors (Lipinski definition) is 0. The van der Waals surface area contributed by atoms with E-state index in [2.05, 4.69) is 11.1 Å². The highest BCUT2D eigenvalue weighted by Crippen LogP contribution is 2.25. The standard InChI is InChI=1S/C21H23N5O3S/c22-16-18-4-1-9-23-20(18)24-10-2-11-25(14-13-24)21(27)17-5-7-19(8-6-17)26-12-3-15-30(26,28)29/h1,4-9H,2-3,10-15H2. The summed E-state index contributed by atoms with van der Waals surface area (Å²) in [6.45, 7) is 2.95. The summed E-state index contributed by atoms with van der Waals surface area (Å²) < 4.78 is 25.6. The maximum absolute atomic E-state index is 13.0. The molecule has 1 aromatic heterocycles. The van der Waals surface area contributed by atoms with Crippen molar-refractivity contribution in [3.05, 3.63) is 53.7 Å². The summed E-state index contributed by atoms with van der Waals surface area (Å²) in [6.07, 6.45) is 3.07. The largest absolute Gasteiger partial charge is 0.354 e. The molecule has 0 atom stereocenters. The monoisotopic (exact) mass is 425 g/mol. The third-order valence-electron chi connectivity index (χ3n) is 5.49. The van der Waals surface area contributed by atoms with Gasteiger partial charge >= 0.3 is 0 Å². The summed E-state index contributed by atoms with van der Waals surface area (Å²) in [6, 6.07) is 12.5. The zero-order valence-electron chi connectivity index (χ0n) is 16.6. The highest BCUT2D eigenvalue weighted by Gasteiger charge is 2.29. The van der Waals surface area contributed by atoms with Crippen LogP contribution in [0.5, 0.6) is 0 Å². The molecule has 4 rings (SSSR count). The van der Waals surface area contributed by atoms with Crippen LogP contribution in [0.25, 0.3) is 0 Å². The van der Waals surface area contributed by atoms with Gasteiger partial charge in [0.05, 0.1) is 17.0 Å². The van der Waals surface area contributed by atoms with E-state index in [1.54, 1.807) is 47.5 Å². The average molecular weight is 426 g/mol. The maximum Gasteiger partial charge on any atom is 0.253 e. The van der Waals surface area contributed by atoms with Crippen LogP contribution in [0.1, 0.15) is 28.8 Å². The third kappa shape index (κ3) is 3.96. The lowest BCUT2D eigenvalue weighted by Gasteiger charge is -2.23. The van der Waals surface area contributed by atoms with Crippen LogP contribution in [0.4, 0.5) is 11.5 Å². The number of benzene rings is 1. The first-order valence-electron chi connectivity index (χ1n) is 9.99. The van der Waals surface area contributed by atoms with Gasteiger partial charge in [0.1, 0.15) is 11.9 Å². The number of hydrogen-bond acceptors (Lipinski definition) is 6. The molecule has 0 aliphatic carbocycles. The van der Waals surface area contributed by atoms with Gasteiger partial charge in [-0.15, -0.1) is 0 Å². The number of nitrogens with zero attached hydrogens (tertiary/aromatic N) is 5. The van der Waals surface area contributed by atoms with E-state index < -0.39 is 10.0 Å². The second-order valence-electron chi connectivity index (χ2n) is 7.41. The maximum atomic E-state index is 13.0. The fraction of sp³-hybridized carbons (Fsp3) is 0.381. The summed E-state index contributed by atoms with van der Waals surface area (Å²) >= 11 is 0. The Bertz CT molecular complexity index is 1080. The Kier molecular flexibility index (Phi) is 5.59. The van der Waals surface area contributed by atoms with Crippen LogP contribution >= 0.6 is 0 Å². The number of pyridine rings is 1. The SMILES string of the molecule is N#Cc1cccnc1N1CCCN(C(=O)c2ccc(N3CCCS3(=O)=O)cc2)CC1. The van der Waals surface area contributed by atoms with E-state index in [0.717, 1.165) is 13.0 Å². The molecule has 0 saturated carbocycles. The van der Waals surface area contributed by atoms with Gasteiger partial charge in [-0.05, 0) is 49.2 Å². The number of amides is 1. The summed E-state index contributed by atoms with van der Waals surface area (Å²) in [5.41, 5.74) is 1.68. The van der Waals surface area contributed by atoms with Crippen molar-refractivity contribution in [3.63, 3.8) is 0 Å². The summed E-state index contributed by atoms with van der Waals surface area (Å²) in [5.74, 6) is 0.751. The number of rotatable bonds is 3. The minimum atomic E-state index is -3.23. The van der Waals surface area contributed by atoms with Crippen molar-refractivity contribution >= 4 is 27.4 Å². The molecule has 156 valence electrons. The second-order valence-corrected chi connectivity index (χ2v) is 9.42. The summed E-state index contributed by atoms with van der Waals surface area (Å²) in [7, 11) is -3.23. The Morgan fingerprint density at radius 3 is 2.50 bits per heavy atom. The average Bonchev–Trinajstić information content (AvgIpc) is 2.97. The molecule has 0 radical (unpaired) electrons. The Morgan fingerprint density at radius 1 is 1.00 bits per heavy atom. The van der Waals surface area contributed by atoms with Gasteiger partial charge in [0, 0.05) is 44.5 Å². The van der Waals surface area contributed by atoms with Crippen LogP contribution < -0.4 is 9.21 Å². The van der Waals surface area contributed by atoms with Crippen molar-refractivity contribution in [2.75, 3.05) is 47.7 Å². The van der Waals surface area contributed by atoms with Crippen molar-refractivity contribution < 1.29 is 13.2 Å². The molecule has 3 heterocycles. The van der Waals surface area contributed by atoms with Gasteiger partial charge in [-0.2, -0.15) is 5.26 Å². The van der Waals surface area contributed by atoms with Gasteiger partial charge in [-0.25, -0.2) is 13.4 Å². The fourth-order valence-corrected chi connectivity index (χ4v) is 5.52. The van der Waals surface area contributed by atoms with Crippen molar-refractivity contribution in [2.24, 2.45) is 0 Å². The molecule has 0 unspecified atom stereocenters. The molecule has 30 heavy (non-hydrogen) atoms. The van der Waals surface area contributed by atoms with Crippen LogP contribution in [-0.2, 0) is 10.0 Å². The zero-order chi connectivity index (χ0) is 21.1. The quantitative estimate of drug-likeness (QED) is 0.744. The van der Waals surface area contributed by atoms with E-state index in [9.17, 15) is 18.5 Å².